The molecule has 0 saturated carbocycles. The van der Waals surface area contributed by atoms with E-state index in [0.29, 0.717) is 54.7 Å². The van der Waals surface area contributed by atoms with Crippen molar-refractivity contribution in [2.75, 3.05) is 62.3 Å². The zero-order valence-corrected chi connectivity index (χ0v) is 28.0. The van der Waals surface area contributed by atoms with Gasteiger partial charge in [-0.25, -0.2) is 4.68 Å². The number of morpholine rings is 1. The summed E-state index contributed by atoms with van der Waals surface area (Å²) in [6.45, 7) is 6.84. The molecular weight excluding hydrogens is 644 g/mol. The summed E-state index contributed by atoms with van der Waals surface area (Å²) in [5.74, 6) is 1.65. The van der Waals surface area contributed by atoms with Crippen LogP contribution in [0.2, 0.25) is 5.02 Å². The third kappa shape index (κ3) is 6.94. The minimum Gasteiger partial charge on any atom is -0.378 e. The topological polar surface area (TPSA) is 135 Å². The van der Waals surface area contributed by atoms with Crippen LogP contribution in [0.5, 0.6) is 0 Å². The van der Waals surface area contributed by atoms with Crippen LogP contribution in [0.3, 0.4) is 0 Å². The average molecular weight is 683 g/mol. The maximum atomic E-state index is 13.3. The minimum atomic E-state index is -0.146. The van der Waals surface area contributed by atoms with Crippen molar-refractivity contribution in [3.8, 4) is 11.6 Å². The van der Waals surface area contributed by atoms with E-state index in [1.54, 1.807) is 21.5 Å². The molecule has 3 aromatic heterocycles. The van der Waals surface area contributed by atoms with Crippen LogP contribution in [0, 0.1) is 0 Å². The third-order valence-corrected chi connectivity index (χ3v) is 9.72. The Morgan fingerprint density at radius 1 is 0.898 bits per heavy atom. The number of ether oxygens (including phenoxy) is 1. The second kappa shape index (κ2) is 14.1. The molecule has 3 saturated heterocycles. The lowest BCUT2D eigenvalue weighted by Crippen LogP contribution is -2.47. The van der Waals surface area contributed by atoms with E-state index in [1.165, 1.54) is 6.42 Å². The summed E-state index contributed by atoms with van der Waals surface area (Å²) in [6, 6.07) is 13.3. The summed E-state index contributed by atoms with van der Waals surface area (Å²) in [6.07, 6.45) is 9.04. The highest BCUT2D eigenvalue weighted by molar-refractivity contribution is 6.32. The number of likely N-dealkylation sites (tertiary alicyclic amines) is 1. The molecule has 0 radical (unpaired) electrons. The Balaban J connectivity index is 0.928. The number of rotatable bonds is 8. The lowest BCUT2D eigenvalue weighted by molar-refractivity contribution is 0.0900. The Labute approximate surface area is 289 Å². The number of hydrogen-bond donors (Lipinski definition) is 1. The fraction of sp³-hybridized carbons (Fsp3) is 0.441. The number of nitrogens with one attached hydrogen (secondary N) is 1. The van der Waals surface area contributed by atoms with E-state index in [9.17, 15) is 4.79 Å². The first-order valence-corrected chi connectivity index (χ1v) is 17.5. The molecule has 3 aliphatic heterocycles. The zero-order valence-electron chi connectivity index (χ0n) is 27.3. The van der Waals surface area contributed by atoms with E-state index in [-0.39, 0.29) is 11.9 Å². The normalized spacial score (nSPS) is 19.0. The summed E-state index contributed by atoms with van der Waals surface area (Å²) < 4.78 is 9.00. The molecule has 1 unspecified atom stereocenters. The van der Waals surface area contributed by atoms with E-state index in [1.807, 2.05) is 42.7 Å². The number of fused-ring (bicyclic) bond motifs is 1. The van der Waals surface area contributed by atoms with Crippen molar-refractivity contribution in [1.82, 2.24) is 49.9 Å². The molecule has 49 heavy (non-hydrogen) atoms. The number of carbonyl (C=O) groups is 1. The molecule has 1 N–H and O–H groups in total. The molecule has 2 aromatic carbocycles. The predicted molar refractivity (Wildman–Crippen MR) is 186 cm³/mol. The van der Waals surface area contributed by atoms with Gasteiger partial charge in [-0.2, -0.15) is 24.7 Å². The molecule has 0 aliphatic carbocycles. The van der Waals surface area contributed by atoms with E-state index < -0.39 is 0 Å². The Hall–Kier alpha value is -4.66. The zero-order chi connectivity index (χ0) is 33.2. The molecular formula is C34H39ClN12O2. The summed E-state index contributed by atoms with van der Waals surface area (Å²) in [5, 5.41) is 18.1. The van der Waals surface area contributed by atoms with Gasteiger partial charge >= 0.3 is 0 Å². The fourth-order valence-corrected chi connectivity index (χ4v) is 7.11. The van der Waals surface area contributed by atoms with Gasteiger partial charge in [0, 0.05) is 56.3 Å². The largest absolute Gasteiger partial charge is 0.378 e. The van der Waals surface area contributed by atoms with Gasteiger partial charge in [0.15, 0.2) is 0 Å². The smallest absolute Gasteiger partial charge is 0.258 e. The number of piperidine rings is 2. The number of aromatic nitrogens is 8. The second-order valence-corrected chi connectivity index (χ2v) is 13.3. The molecule has 3 aliphatic rings. The molecule has 254 valence electrons. The van der Waals surface area contributed by atoms with Crippen LogP contribution in [-0.4, -0.2) is 109 Å². The van der Waals surface area contributed by atoms with E-state index in [2.05, 4.69) is 35.4 Å². The first-order valence-electron chi connectivity index (χ1n) is 17.1. The van der Waals surface area contributed by atoms with Gasteiger partial charge in [-0.3, -0.25) is 9.69 Å². The summed E-state index contributed by atoms with van der Waals surface area (Å²) in [5.41, 5.74) is 3.02. The Bertz CT molecular complexity index is 1900. The number of amides is 1. The Morgan fingerprint density at radius 3 is 2.49 bits per heavy atom. The minimum absolute atomic E-state index is 0.00322. The third-order valence-electron chi connectivity index (χ3n) is 9.42. The predicted octanol–water partition coefficient (Wildman–Crippen LogP) is 3.67. The molecule has 5 aromatic rings. The number of para-hydroxylation sites is 1. The SMILES string of the molecule is O=C(NC1CCCN(Cc2cn(-c3nc(N4CCCCC4)nc(N4CCOCC4)n3)nn2)C1)c1ccc(-n2ncc3ccccc32)c(Cl)c1. The second-order valence-electron chi connectivity index (χ2n) is 12.9. The maximum Gasteiger partial charge on any atom is 0.258 e. The highest BCUT2D eigenvalue weighted by Crippen LogP contribution is 2.26. The quantitative estimate of drug-likeness (QED) is 0.257. The Kier molecular flexibility index (Phi) is 9.07. The van der Waals surface area contributed by atoms with Gasteiger partial charge in [-0.15, -0.1) is 5.10 Å². The van der Waals surface area contributed by atoms with Gasteiger partial charge in [0.1, 0.15) is 0 Å². The summed E-state index contributed by atoms with van der Waals surface area (Å²) in [4.78, 5) is 34.5. The number of nitrogens with zero attached hydrogens (tertiary/aromatic N) is 11. The van der Waals surface area contributed by atoms with Crippen molar-refractivity contribution in [3.63, 3.8) is 0 Å². The molecule has 0 spiro atoms. The molecule has 8 rings (SSSR count). The Morgan fingerprint density at radius 2 is 1.67 bits per heavy atom. The first-order chi connectivity index (χ1) is 24.1. The van der Waals surface area contributed by atoms with Gasteiger partial charge in [0.2, 0.25) is 11.9 Å². The molecule has 3 fully saturated rings. The summed E-state index contributed by atoms with van der Waals surface area (Å²) in [7, 11) is 0. The van der Waals surface area contributed by atoms with E-state index >= 15 is 0 Å². The van der Waals surface area contributed by atoms with Crippen LogP contribution in [0.4, 0.5) is 11.9 Å². The molecule has 0 bridgehead atoms. The number of anilines is 2. The van der Waals surface area contributed by atoms with Crippen molar-refractivity contribution in [3.05, 3.63) is 71.1 Å². The van der Waals surface area contributed by atoms with Crippen molar-refractivity contribution >= 4 is 40.3 Å². The fourth-order valence-electron chi connectivity index (χ4n) is 6.85. The van der Waals surface area contributed by atoms with Gasteiger partial charge in [-0.05, 0) is 62.9 Å². The van der Waals surface area contributed by atoms with Crippen LogP contribution in [0.25, 0.3) is 22.5 Å². The van der Waals surface area contributed by atoms with E-state index in [0.717, 1.165) is 80.7 Å². The van der Waals surface area contributed by atoms with Crippen molar-refractivity contribution in [2.45, 2.75) is 44.7 Å². The van der Waals surface area contributed by atoms with Crippen molar-refractivity contribution < 1.29 is 9.53 Å². The van der Waals surface area contributed by atoms with Gasteiger partial charge < -0.3 is 19.9 Å². The molecule has 14 nitrogen and oxygen atoms in total. The van der Waals surface area contributed by atoms with Crippen LogP contribution in [0.15, 0.2) is 54.9 Å². The highest BCUT2D eigenvalue weighted by Gasteiger charge is 2.25. The van der Waals surface area contributed by atoms with Gasteiger partial charge in [0.25, 0.3) is 11.9 Å². The van der Waals surface area contributed by atoms with Crippen LogP contribution >= 0.6 is 11.6 Å². The van der Waals surface area contributed by atoms with Gasteiger partial charge in [-0.1, -0.05) is 35.0 Å². The number of benzene rings is 2. The van der Waals surface area contributed by atoms with Crippen molar-refractivity contribution in [1.29, 1.82) is 0 Å². The monoisotopic (exact) mass is 682 g/mol. The molecule has 1 atom stereocenters. The van der Waals surface area contributed by atoms with Crippen LogP contribution in [-0.2, 0) is 11.3 Å². The number of carbonyl (C=O) groups excluding carboxylic acids is 1. The lowest BCUT2D eigenvalue weighted by atomic mass is 10.0. The molecule has 15 heteroatoms. The van der Waals surface area contributed by atoms with Crippen LogP contribution in [0.1, 0.15) is 48.2 Å². The van der Waals surface area contributed by atoms with E-state index in [4.69, 9.17) is 31.3 Å². The highest BCUT2D eigenvalue weighted by atomic mass is 35.5. The lowest BCUT2D eigenvalue weighted by Gasteiger charge is -2.32. The number of hydrogen-bond acceptors (Lipinski definition) is 11. The van der Waals surface area contributed by atoms with Crippen molar-refractivity contribution in [2.24, 2.45) is 0 Å². The number of halogens is 1. The van der Waals surface area contributed by atoms with Crippen LogP contribution < -0.4 is 15.1 Å². The standard InChI is InChI=1S/C34H39ClN12O2/c35-28-19-24(10-11-30(28)47-29-9-3-2-7-25(29)20-36-47)31(48)37-26-8-6-12-43(21-26)22-27-23-46(42-41-27)34-39-32(44-13-4-1-5-14-44)38-33(40-34)45-15-17-49-18-16-45/h2-3,7,9-11,19-20,23,26H,1,4-6,8,12-18,21-22H2,(H,37,48). The summed E-state index contributed by atoms with van der Waals surface area (Å²) >= 11 is 6.68. The van der Waals surface area contributed by atoms with Gasteiger partial charge in [0.05, 0.1) is 47.5 Å². The average Bonchev–Trinajstić information content (AvgIpc) is 3.80. The molecule has 6 heterocycles. The first kappa shape index (κ1) is 31.6. The maximum absolute atomic E-state index is 13.3. The molecule has 1 amide bonds.